The van der Waals surface area contributed by atoms with E-state index in [9.17, 15) is 8.42 Å². The molecule has 1 aliphatic carbocycles. The minimum Gasteiger partial charge on any atom is -0.313 e. The molecule has 0 aromatic heterocycles. The monoisotopic (exact) mass is 316 g/mol. The first-order valence-corrected chi connectivity index (χ1v) is 8.81. The topological polar surface area (TPSA) is 58.2 Å². The van der Waals surface area contributed by atoms with Crippen LogP contribution in [0.3, 0.4) is 0 Å². The lowest BCUT2D eigenvalue weighted by molar-refractivity contribution is 0.544. The molecular weight excluding hydrogens is 296 g/mol. The first-order valence-electron chi connectivity index (χ1n) is 6.89. The number of rotatable bonds is 7. The lowest BCUT2D eigenvalue weighted by atomic mass is 10.1. The molecule has 2 atom stereocenters. The van der Waals surface area contributed by atoms with Gasteiger partial charge >= 0.3 is 0 Å². The van der Waals surface area contributed by atoms with Gasteiger partial charge in [0.15, 0.2) is 0 Å². The molecule has 0 aliphatic heterocycles. The van der Waals surface area contributed by atoms with E-state index in [0.29, 0.717) is 17.6 Å². The highest BCUT2D eigenvalue weighted by Gasteiger charge is 2.27. The van der Waals surface area contributed by atoms with Gasteiger partial charge in [0.05, 0.1) is 5.25 Å². The van der Waals surface area contributed by atoms with Crippen LogP contribution < -0.4 is 10.0 Å². The Morgan fingerprint density at radius 1 is 1.30 bits per heavy atom. The lowest BCUT2D eigenvalue weighted by Gasteiger charge is -2.20. The fourth-order valence-corrected chi connectivity index (χ4v) is 3.45. The zero-order chi connectivity index (χ0) is 14.8. The minimum atomic E-state index is -3.36. The number of nitrogens with one attached hydrogen (secondary N) is 2. The van der Waals surface area contributed by atoms with Gasteiger partial charge in [-0.05, 0) is 38.3 Å². The highest BCUT2D eigenvalue weighted by Crippen LogP contribution is 2.23. The largest absolute Gasteiger partial charge is 0.313 e. The molecule has 1 fully saturated rings. The zero-order valence-electron chi connectivity index (χ0n) is 11.8. The number of halogens is 1. The average molecular weight is 317 g/mol. The summed E-state index contributed by atoms with van der Waals surface area (Å²) in [5.41, 5.74) is 0.792. The molecule has 2 N–H and O–H groups in total. The van der Waals surface area contributed by atoms with E-state index in [2.05, 4.69) is 10.0 Å². The van der Waals surface area contributed by atoms with Crippen LogP contribution in [-0.2, 0) is 10.0 Å². The Morgan fingerprint density at radius 3 is 2.55 bits per heavy atom. The number of hydrogen-bond acceptors (Lipinski definition) is 3. The first kappa shape index (κ1) is 15.8. The van der Waals surface area contributed by atoms with Gasteiger partial charge in [-0.15, -0.1) is 0 Å². The molecule has 6 heteroatoms. The van der Waals surface area contributed by atoms with Gasteiger partial charge < -0.3 is 5.32 Å². The fraction of sp³-hybridized carbons (Fsp3) is 0.571. The number of sulfonamides is 1. The summed E-state index contributed by atoms with van der Waals surface area (Å²) in [6.45, 7) is 4.01. The van der Waals surface area contributed by atoms with Gasteiger partial charge in [-0.2, -0.15) is 0 Å². The van der Waals surface area contributed by atoms with E-state index >= 15 is 0 Å². The van der Waals surface area contributed by atoms with Crippen LogP contribution >= 0.6 is 11.6 Å². The van der Waals surface area contributed by atoms with Crippen molar-refractivity contribution in [2.24, 2.45) is 0 Å². The molecule has 0 saturated heterocycles. The van der Waals surface area contributed by atoms with Gasteiger partial charge in [0.25, 0.3) is 0 Å². The summed E-state index contributed by atoms with van der Waals surface area (Å²) in [6, 6.07) is 7.45. The normalized spacial score (nSPS) is 18.8. The predicted molar refractivity (Wildman–Crippen MR) is 82.4 cm³/mol. The van der Waals surface area contributed by atoms with Crippen LogP contribution in [0.15, 0.2) is 24.3 Å². The Labute approximate surface area is 126 Å². The molecule has 0 amide bonds. The van der Waals surface area contributed by atoms with Crippen molar-refractivity contribution in [1.29, 1.82) is 0 Å². The van der Waals surface area contributed by atoms with E-state index in [1.807, 2.05) is 18.2 Å². The van der Waals surface area contributed by atoms with E-state index in [1.54, 1.807) is 19.9 Å². The Balaban J connectivity index is 1.97. The third-order valence-electron chi connectivity index (χ3n) is 3.51. The van der Waals surface area contributed by atoms with Crippen molar-refractivity contribution in [1.82, 2.24) is 10.0 Å². The van der Waals surface area contributed by atoms with Crippen molar-refractivity contribution in [2.75, 3.05) is 6.54 Å². The van der Waals surface area contributed by atoms with Gasteiger partial charge in [0, 0.05) is 23.7 Å². The quantitative estimate of drug-likeness (QED) is 0.812. The van der Waals surface area contributed by atoms with E-state index in [4.69, 9.17) is 11.6 Å². The van der Waals surface area contributed by atoms with Crippen molar-refractivity contribution < 1.29 is 8.42 Å². The van der Waals surface area contributed by atoms with Gasteiger partial charge in [-0.25, -0.2) is 13.1 Å². The third-order valence-corrected chi connectivity index (χ3v) is 5.77. The summed E-state index contributed by atoms with van der Waals surface area (Å²) in [6.07, 6.45) is 2.30. The molecule has 1 aromatic carbocycles. The molecule has 0 bridgehead atoms. The molecule has 1 aromatic rings. The molecule has 0 radical (unpaired) electrons. The molecule has 1 saturated carbocycles. The van der Waals surface area contributed by atoms with Crippen LogP contribution in [0.5, 0.6) is 0 Å². The van der Waals surface area contributed by atoms with E-state index in [-0.39, 0.29) is 6.04 Å². The van der Waals surface area contributed by atoms with Gasteiger partial charge in [0.1, 0.15) is 0 Å². The lowest BCUT2D eigenvalue weighted by Crippen LogP contribution is -2.40. The average Bonchev–Trinajstić information content (AvgIpc) is 3.19. The second kappa shape index (κ2) is 6.43. The van der Waals surface area contributed by atoms with Gasteiger partial charge in [-0.3, -0.25) is 0 Å². The first-order chi connectivity index (χ1) is 9.40. The Bertz CT molecular complexity index is 558. The molecule has 1 aliphatic rings. The maximum absolute atomic E-state index is 12.3. The van der Waals surface area contributed by atoms with Gasteiger partial charge in [-0.1, -0.05) is 29.8 Å². The van der Waals surface area contributed by atoms with Crippen LogP contribution in [0.2, 0.25) is 5.02 Å². The third kappa shape index (κ3) is 4.19. The smallest absolute Gasteiger partial charge is 0.216 e. The van der Waals surface area contributed by atoms with Crippen LogP contribution in [0.25, 0.3) is 0 Å². The Morgan fingerprint density at radius 2 is 1.95 bits per heavy atom. The van der Waals surface area contributed by atoms with E-state index in [1.165, 1.54) is 0 Å². The maximum Gasteiger partial charge on any atom is 0.216 e. The molecule has 0 heterocycles. The van der Waals surface area contributed by atoms with Crippen LogP contribution in [0.1, 0.15) is 38.3 Å². The molecule has 112 valence electrons. The number of benzene rings is 1. The maximum atomic E-state index is 12.3. The number of hydrogen-bond donors (Lipinski definition) is 2. The van der Waals surface area contributed by atoms with Crippen molar-refractivity contribution in [3.8, 4) is 0 Å². The van der Waals surface area contributed by atoms with Gasteiger partial charge in [0.2, 0.25) is 10.0 Å². The van der Waals surface area contributed by atoms with E-state index < -0.39 is 15.3 Å². The van der Waals surface area contributed by atoms with E-state index in [0.717, 1.165) is 18.4 Å². The SMILES string of the molecule is CC(NS(=O)(=O)C(C)CNC1CC1)c1ccccc1Cl. The summed E-state index contributed by atoms with van der Waals surface area (Å²) in [4.78, 5) is 0. The van der Waals surface area contributed by atoms with Crippen LogP contribution in [-0.4, -0.2) is 26.3 Å². The van der Waals surface area contributed by atoms with Crippen molar-refractivity contribution in [3.05, 3.63) is 34.9 Å². The standard InChI is InChI=1S/C14H21ClN2O2S/c1-10(9-16-12-7-8-12)20(18,19)17-11(2)13-5-3-4-6-14(13)15/h3-6,10-12,16-17H,7-9H2,1-2H3. The summed E-state index contributed by atoms with van der Waals surface area (Å²) in [5, 5.41) is 3.35. The molecule has 0 spiro atoms. The summed E-state index contributed by atoms with van der Waals surface area (Å²) in [5.74, 6) is 0. The summed E-state index contributed by atoms with van der Waals surface area (Å²) in [7, 11) is -3.36. The molecule has 4 nitrogen and oxygen atoms in total. The Hall–Kier alpha value is -0.620. The summed E-state index contributed by atoms with van der Waals surface area (Å²) < 4.78 is 27.2. The Kier molecular flexibility index (Phi) is 5.07. The molecule has 2 rings (SSSR count). The molecule has 2 unspecified atom stereocenters. The molecular formula is C14H21ClN2O2S. The second-order valence-corrected chi connectivity index (χ2v) is 7.94. The fourth-order valence-electron chi connectivity index (χ4n) is 1.98. The summed E-state index contributed by atoms with van der Waals surface area (Å²) >= 11 is 6.09. The minimum absolute atomic E-state index is 0.336. The highest BCUT2D eigenvalue weighted by atomic mass is 35.5. The van der Waals surface area contributed by atoms with Crippen LogP contribution in [0.4, 0.5) is 0 Å². The zero-order valence-corrected chi connectivity index (χ0v) is 13.3. The van der Waals surface area contributed by atoms with Crippen molar-refractivity contribution in [3.63, 3.8) is 0 Å². The highest BCUT2D eigenvalue weighted by molar-refractivity contribution is 7.90. The second-order valence-electron chi connectivity index (χ2n) is 5.40. The van der Waals surface area contributed by atoms with Crippen molar-refractivity contribution >= 4 is 21.6 Å². The van der Waals surface area contributed by atoms with Crippen LogP contribution in [0, 0.1) is 0 Å². The predicted octanol–water partition coefficient (Wildman–Crippen LogP) is 2.46. The van der Waals surface area contributed by atoms with Crippen molar-refractivity contribution in [2.45, 2.75) is 44.0 Å². The molecule has 20 heavy (non-hydrogen) atoms.